The molecule has 0 unspecified atom stereocenters. The molecule has 0 saturated carbocycles. The van der Waals surface area contributed by atoms with Crippen LogP contribution < -0.4 is 5.32 Å². The number of ether oxygens (including phenoxy) is 1. The predicted octanol–water partition coefficient (Wildman–Crippen LogP) is 3.26. The highest BCUT2D eigenvalue weighted by atomic mass is 79.9. The normalized spacial score (nSPS) is 18.1. The smallest absolute Gasteiger partial charge is 0.251 e. The molecule has 1 aromatic rings. The lowest BCUT2D eigenvalue weighted by Gasteiger charge is -2.36. The van der Waals surface area contributed by atoms with Crippen LogP contribution in [0.5, 0.6) is 0 Å². The van der Waals surface area contributed by atoms with Gasteiger partial charge in [-0.05, 0) is 47.0 Å². The van der Waals surface area contributed by atoms with Crippen LogP contribution in [-0.4, -0.2) is 30.0 Å². The number of nitrogens with one attached hydrogen (secondary N) is 1. The van der Waals surface area contributed by atoms with E-state index >= 15 is 0 Å². The summed E-state index contributed by atoms with van der Waals surface area (Å²) in [7, 11) is 0. The van der Waals surface area contributed by atoms with Gasteiger partial charge in [0.1, 0.15) is 5.82 Å². The Kier molecular flexibility index (Phi) is 4.97. The third kappa shape index (κ3) is 3.55. The van der Waals surface area contributed by atoms with Crippen molar-refractivity contribution in [2.75, 3.05) is 18.5 Å². The number of rotatable bonds is 3. The van der Waals surface area contributed by atoms with E-state index in [9.17, 15) is 9.18 Å². The van der Waals surface area contributed by atoms with Crippen LogP contribution >= 0.6 is 31.9 Å². The minimum atomic E-state index is -0.377. The van der Waals surface area contributed by atoms with Crippen molar-refractivity contribution in [3.8, 4) is 0 Å². The first-order valence-electron chi connectivity index (χ1n) is 5.98. The third-order valence-corrected chi connectivity index (χ3v) is 4.95. The number of halogens is 3. The number of hydrogen-bond acceptors (Lipinski definition) is 2. The SMILES string of the molecule is O=C(NC1(CBr)CCOCC1)c1ccc(F)c(Br)c1. The molecule has 1 aromatic carbocycles. The van der Waals surface area contributed by atoms with Gasteiger partial charge in [-0.3, -0.25) is 4.79 Å². The minimum absolute atomic E-state index is 0.193. The van der Waals surface area contributed by atoms with E-state index in [0.29, 0.717) is 28.6 Å². The average molecular weight is 395 g/mol. The van der Waals surface area contributed by atoms with Gasteiger partial charge in [-0.15, -0.1) is 0 Å². The van der Waals surface area contributed by atoms with Crippen LogP contribution in [0.15, 0.2) is 22.7 Å². The zero-order valence-electron chi connectivity index (χ0n) is 10.2. The maximum atomic E-state index is 13.2. The highest BCUT2D eigenvalue weighted by molar-refractivity contribution is 9.10. The average Bonchev–Trinajstić information content (AvgIpc) is 2.43. The molecule has 0 spiro atoms. The van der Waals surface area contributed by atoms with E-state index in [0.717, 1.165) is 12.8 Å². The van der Waals surface area contributed by atoms with Gasteiger partial charge in [-0.25, -0.2) is 4.39 Å². The Hall–Kier alpha value is -0.460. The zero-order valence-corrected chi connectivity index (χ0v) is 13.4. The van der Waals surface area contributed by atoms with Gasteiger partial charge < -0.3 is 10.1 Å². The molecule has 19 heavy (non-hydrogen) atoms. The second kappa shape index (κ2) is 6.33. The molecular weight excluding hydrogens is 381 g/mol. The van der Waals surface area contributed by atoms with Crippen LogP contribution in [0.2, 0.25) is 0 Å². The van der Waals surface area contributed by atoms with Gasteiger partial charge in [0.2, 0.25) is 0 Å². The summed E-state index contributed by atoms with van der Waals surface area (Å²) >= 11 is 6.54. The summed E-state index contributed by atoms with van der Waals surface area (Å²) in [5, 5.41) is 3.71. The van der Waals surface area contributed by atoms with E-state index in [-0.39, 0.29) is 17.3 Å². The highest BCUT2D eigenvalue weighted by Crippen LogP contribution is 2.24. The van der Waals surface area contributed by atoms with Crippen LogP contribution in [-0.2, 0) is 4.74 Å². The van der Waals surface area contributed by atoms with Gasteiger partial charge >= 0.3 is 0 Å². The Morgan fingerprint density at radius 3 is 2.68 bits per heavy atom. The fourth-order valence-corrected chi connectivity index (χ4v) is 3.08. The largest absolute Gasteiger partial charge is 0.381 e. The first-order chi connectivity index (χ1) is 9.06. The lowest BCUT2D eigenvalue weighted by atomic mass is 9.92. The van der Waals surface area contributed by atoms with E-state index in [4.69, 9.17) is 4.74 Å². The molecule has 0 bridgehead atoms. The lowest BCUT2D eigenvalue weighted by Crippen LogP contribution is -2.53. The number of carbonyl (C=O) groups excluding carboxylic acids is 1. The number of carbonyl (C=O) groups is 1. The van der Waals surface area contributed by atoms with E-state index < -0.39 is 0 Å². The molecule has 3 nitrogen and oxygen atoms in total. The zero-order chi connectivity index (χ0) is 13.9. The Morgan fingerprint density at radius 2 is 2.11 bits per heavy atom. The summed E-state index contributed by atoms with van der Waals surface area (Å²) in [6, 6.07) is 4.26. The molecule has 1 fully saturated rings. The van der Waals surface area contributed by atoms with Crippen molar-refractivity contribution in [1.82, 2.24) is 5.32 Å². The molecule has 1 amide bonds. The molecule has 1 saturated heterocycles. The molecule has 0 aliphatic carbocycles. The summed E-state index contributed by atoms with van der Waals surface area (Å²) in [4.78, 5) is 12.2. The summed E-state index contributed by atoms with van der Waals surface area (Å²) in [5.41, 5.74) is 0.163. The minimum Gasteiger partial charge on any atom is -0.381 e. The summed E-state index contributed by atoms with van der Waals surface area (Å²) in [5.74, 6) is -0.570. The number of alkyl halides is 1. The Balaban J connectivity index is 2.12. The topological polar surface area (TPSA) is 38.3 Å². The monoisotopic (exact) mass is 393 g/mol. The van der Waals surface area contributed by atoms with E-state index in [1.54, 1.807) is 0 Å². The van der Waals surface area contributed by atoms with Crippen molar-refractivity contribution < 1.29 is 13.9 Å². The fourth-order valence-electron chi connectivity index (χ4n) is 2.00. The molecule has 0 aromatic heterocycles. The molecule has 0 radical (unpaired) electrons. The molecule has 2 rings (SSSR count). The number of amides is 1. The summed E-state index contributed by atoms with van der Waals surface area (Å²) in [6.45, 7) is 1.28. The molecular formula is C13H14Br2FNO2. The number of benzene rings is 1. The Morgan fingerprint density at radius 1 is 1.42 bits per heavy atom. The summed E-state index contributed by atoms with van der Waals surface area (Å²) < 4.78 is 18.8. The lowest BCUT2D eigenvalue weighted by molar-refractivity contribution is 0.0442. The van der Waals surface area contributed by atoms with Gasteiger partial charge in [0, 0.05) is 24.1 Å². The van der Waals surface area contributed by atoms with E-state index in [2.05, 4.69) is 37.2 Å². The number of hydrogen-bond donors (Lipinski definition) is 1. The van der Waals surface area contributed by atoms with Crippen molar-refractivity contribution in [2.45, 2.75) is 18.4 Å². The maximum Gasteiger partial charge on any atom is 0.251 e. The maximum absolute atomic E-state index is 13.2. The van der Waals surface area contributed by atoms with Gasteiger partial charge in [0.25, 0.3) is 5.91 Å². The van der Waals surface area contributed by atoms with Crippen molar-refractivity contribution in [3.63, 3.8) is 0 Å². The Bertz CT molecular complexity index is 476. The van der Waals surface area contributed by atoms with Crippen LogP contribution in [0.1, 0.15) is 23.2 Å². The van der Waals surface area contributed by atoms with Crippen LogP contribution in [0.25, 0.3) is 0 Å². The van der Waals surface area contributed by atoms with Gasteiger partial charge in [-0.1, -0.05) is 15.9 Å². The van der Waals surface area contributed by atoms with Crippen molar-refractivity contribution in [3.05, 3.63) is 34.1 Å². The molecule has 1 aliphatic heterocycles. The first-order valence-corrected chi connectivity index (χ1v) is 7.89. The highest BCUT2D eigenvalue weighted by Gasteiger charge is 2.33. The molecule has 104 valence electrons. The first kappa shape index (κ1) is 14.9. The molecule has 1 aliphatic rings. The van der Waals surface area contributed by atoms with Gasteiger partial charge in [0.05, 0.1) is 10.0 Å². The molecule has 0 atom stereocenters. The standard InChI is InChI=1S/C13H14Br2FNO2/c14-8-13(3-5-19-6-4-13)17-12(18)9-1-2-11(16)10(15)7-9/h1-2,7H,3-6,8H2,(H,17,18). The van der Waals surface area contributed by atoms with Crippen LogP contribution in [0, 0.1) is 5.82 Å². The van der Waals surface area contributed by atoms with Crippen LogP contribution in [0.3, 0.4) is 0 Å². The second-order valence-corrected chi connectivity index (χ2v) is 6.02. The second-order valence-electron chi connectivity index (χ2n) is 4.61. The van der Waals surface area contributed by atoms with Crippen molar-refractivity contribution in [1.29, 1.82) is 0 Å². The molecule has 1 N–H and O–H groups in total. The van der Waals surface area contributed by atoms with Gasteiger partial charge in [0.15, 0.2) is 0 Å². The van der Waals surface area contributed by atoms with Crippen molar-refractivity contribution >= 4 is 37.8 Å². The quantitative estimate of drug-likeness (QED) is 0.799. The Labute approximate surface area is 128 Å². The third-order valence-electron chi connectivity index (χ3n) is 3.27. The van der Waals surface area contributed by atoms with Crippen molar-refractivity contribution in [2.24, 2.45) is 0 Å². The summed E-state index contributed by atoms with van der Waals surface area (Å²) in [6.07, 6.45) is 1.54. The van der Waals surface area contributed by atoms with E-state index in [1.165, 1.54) is 18.2 Å². The van der Waals surface area contributed by atoms with Gasteiger partial charge in [-0.2, -0.15) is 0 Å². The molecule has 6 heteroatoms. The van der Waals surface area contributed by atoms with E-state index in [1.807, 2.05) is 0 Å². The van der Waals surface area contributed by atoms with Crippen LogP contribution in [0.4, 0.5) is 4.39 Å². The molecule has 1 heterocycles. The fraction of sp³-hybridized carbons (Fsp3) is 0.462. The predicted molar refractivity (Wildman–Crippen MR) is 78.1 cm³/mol.